The van der Waals surface area contributed by atoms with Gasteiger partial charge in [0.1, 0.15) is 11.0 Å². The summed E-state index contributed by atoms with van der Waals surface area (Å²) in [4.78, 5) is 4.30. The number of aliphatic hydroxyl groups excluding tert-OH is 1. The minimum absolute atomic E-state index is 0.159. The zero-order chi connectivity index (χ0) is 14.0. The third kappa shape index (κ3) is 3.37. The molecule has 1 aromatic heterocycles. The first-order valence-corrected chi connectivity index (χ1v) is 6.73. The van der Waals surface area contributed by atoms with Gasteiger partial charge in [0.05, 0.1) is 6.10 Å². The van der Waals surface area contributed by atoms with Crippen LogP contribution in [0.3, 0.4) is 0 Å². The van der Waals surface area contributed by atoms with Crippen LogP contribution in [0.2, 0.25) is 5.15 Å². The maximum absolute atomic E-state index is 10.0. The zero-order valence-corrected chi connectivity index (χ0v) is 12.2. The van der Waals surface area contributed by atoms with E-state index in [9.17, 15) is 5.11 Å². The zero-order valence-electron chi connectivity index (χ0n) is 11.4. The van der Waals surface area contributed by atoms with E-state index in [2.05, 4.69) is 10.3 Å². The number of hydrogen-bond acceptors (Lipinski definition) is 3. The molecule has 0 radical (unpaired) electrons. The minimum atomic E-state index is -0.445. The van der Waals surface area contributed by atoms with Gasteiger partial charge in [-0.25, -0.2) is 4.98 Å². The van der Waals surface area contributed by atoms with Crippen molar-refractivity contribution in [2.45, 2.75) is 26.9 Å². The van der Waals surface area contributed by atoms with Gasteiger partial charge in [-0.15, -0.1) is 0 Å². The molecule has 1 heterocycles. The van der Waals surface area contributed by atoms with Gasteiger partial charge < -0.3 is 10.4 Å². The quantitative estimate of drug-likeness (QED) is 0.842. The highest BCUT2D eigenvalue weighted by atomic mass is 35.5. The van der Waals surface area contributed by atoms with E-state index in [0.717, 1.165) is 10.8 Å². The number of anilines is 1. The molecule has 0 saturated heterocycles. The summed E-state index contributed by atoms with van der Waals surface area (Å²) in [7, 11) is 0. The van der Waals surface area contributed by atoms with E-state index < -0.39 is 6.10 Å². The summed E-state index contributed by atoms with van der Waals surface area (Å²) in [5.74, 6) is 0.687. The Morgan fingerprint density at radius 2 is 2.00 bits per heavy atom. The van der Waals surface area contributed by atoms with Gasteiger partial charge in [0.15, 0.2) is 0 Å². The summed E-state index contributed by atoms with van der Waals surface area (Å²) in [6.07, 6.45) is -0.445. The number of nitrogens with zero attached hydrogens (tertiary/aromatic N) is 1. The number of pyridine rings is 1. The molecule has 2 rings (SSSR count). The van der Waals surface area contributed by atoms with Crippen LogP contribution in [0.1, 0.15) is 20.8 Å². The molecular formula is C15H19ClN2O. The number of hydrogen-bond donors (Lipinski definition) is 2. The lowest BCUT2D eigenvalue weighted by molar-refractivity contribution is 0.0745. The van der Waals surface area contributed by atoms with Crippen molar-refractivity contribution < 1.29 is 5.11 Å². The van der Waals surface area contributed by atoms with Gasteiger partial charge >= 0.3 is 0 Å². The van der Waals surface area contributed by atoms with Crippen molar-refractivity contribution in [3.8, 4) is 0 Å². The van der Waals surface area contributed by atoms with Gasteiger partial charge in [-0.1, -0.05) is 56.6 Å². The second-order valence-corrected chi connectivity index (χ2v) is 6.14. The van der Waals surface area contributed by atoms with Crippen molar-refractivity contribution in [1.29, 1.82) is 0 Å². The second-order valence-electron chi connectivity index (χ2n) is 5.78. The lowest BCUT2D eigenvalue weighted by Crippen LogP contribution is -2.33. The Hall–Kier alpha value is -1.32. The topological polar surface area (TPSA) is 45.1 Å². The van der Waals surface area contributed by atoms with Crippen LogP contribution < -0.4 is 5.32 Å². The van der Waals surface area contributed by atoms with Gasteiger partial charge in [-0.2, -0.15) is 0 Å². The molecule has 0 aliphatic rings. The Bertz CT molecular complexity index is 578. The molecular weight excluding hydrogens is 260 g/mol. The van der Waals surface area contributed by atoms with E-state index in [-0.39, 0.29) is 5.41 Å². The predicted octanol–water partition coefficient (Wildman–Crippen LogP) is 3.71. The molecule has 0 aliphatic heterocycles. The van der Waals surface area contributed by atoms with Crippen LogP contribution in [0.4, 0.5) is 5.82 Å². The fourth-order valence-electron chi connectivity index (χ4n) is 1.75. The van der Waals surface area contributed by atoms with Crippen LogP contribution in [0.25, 0.3) is 10.8 Å². The standard InChI is InChI=1S/C15H19ClN2O/c1-15(2,3)12(19)9-17-13-8-10-6-4-5-7-11(10)14(16)18-13/h4-8,12,19H,9H2,1-3H3,(H,17,18). The van der Waals surface area contributed by atoms with E-state index in [0.29, 0.717) is 17.5 Å². The van der Waals surface area contributed by atoms with E-state index in [1.54, 1.807) is 0 Å². The maximum atomic E-state index is 10.0. The Morgan fingerprint density at radius 1 is 1.32 bits per heavy atom. The molecule has 2 N–H and O–H groups in total. The van der Waals surface area contributed by atoms with Gasteiger partial charge in [-0.05, 0) is 16.9 Å². The van der Waals surface area contributed by atoms with E-state index in [1.165, 1.54) is 0 Å². The molecule has 102 valence electrons. The summed E-state index contributed by atoms with van der Waals surface area (Å²) < 4.78 is 0. The van der Waals surface area contributed by atoms with Crippen LogP contribution >= 0.6 is 11.6 Å². The Balaban J connectivity index is 2.18. The fraction of sp³-hybridized carbons (Fsp3) is 0.400. The number of nitrogens with one attached hydrogen (secondary N) is 1. The number of halogens is 1. The highest BCUT2D eigenvalue weighted by molar-refractivity contribution is 6.34. The normalized spacial score (nSPS) is 13.5. The van der Waals surface area contributed by atoms with Crippen LogP contribution in [-0.2, 0) is 0 Å². The number of fused-ring (bicyclic) bond motifs is 1. The summed E-state index contributed by atoms with van der Waals surface area (Å²) in [5, 5.41) is 15.6. The van der Waals surface area contributed by atoms with Crippen molar-refractivity contribution in [3.05, 3.63) is 35.5 Å². The Morgan fingerprint density at radius 3 is 2.68 bits per heavy atom. The third-order valence-corrected chi connectivity index (χ3v) is 3.46. The van der Waals surface area contributed by atoms with Crippen molar-refractivity contribution >= 4 is 28.2 Å². The molecule has 1 unspecified atom stereocenters. The first-order chi connectivity index (χ1) is 8.88. The van der Waals surface area contributed by atoms with Crippen LogP contribution in [0.15, 0.2) is 30.3 Å². The molecule has 0 fully saturated rings. The van der Waals surface area contributed by atoms with Crippen molar-refractivity contribution in [2.24, 2.45) is 5.41 Å². The maximum Gasteiger partial charge on any atom is 0.139 e. The van der Waals surface area contributed by atoms with Crippen LogP contribution in [-0.4, -0.2) is 22.7 Å². The largest absolute Gasteiger partial charge is 0.391 e. The van der Waals surface area contributed by atoms with Gasteiger partial charge in [0.2, 0.25) is 0 Å². The van der Waals surface area contributed by atoms with Crippen LogP contribution in [0.5, 0.6) is 0 Å². The molecule has 2 aromatic rings. The summed E-state index contributed by atoms with van der Waals surface area (Å²) in [6, 6.07) is 9.78. The molecule has 0 bridgehead atoms. The lowest BCUT2D eigenvalue weighted by atomic mass is 9.89. The van der Waals surface area contributed by atoms with Gasteiger partial charge in [-0.3, -0.25) is 0 Å². The molecule has 0 amide bonds. The summed E-state index contributed by atoms with van der Waals surface area (Å²) >= 11 is 6.15. The van der Waals surface area contributed by atoms with Crippen LogP contribution in [0, 0.1) is 5.41 Å². The number of rotatable bonds is 3. The predicted molar refractivity (Wildman–Crippen MR) is 80.7 cm³/mol. The van der Waals surface area contributed by atoms with Crippen molar-refractivity contribution in [2.75, 3.05) is 11.9 Å². The molecule has 0 aliphatic carbocycles. The molecule has 4 heteroatoms. The first kappa shape index (κ1) is 14.1. The van der Waals surface area contributed by atoms with Gasteiger partial charge in [0.25, 0.3) is 0 Å². The fourth-order valence-corrected chi connectivity index (χ4v) is 2.02. The number of aliphatic hydroxyl groups is 1. The Labute approximate surface area is 118 Å². The monoisotopic (exact) mass is 278 g/mol. The van der Waals surface area contributed by atoms with E-state index in [4.69, 9.17) is 11.6 Å². The highest BCUT2D eigenvalue weighted by Crippen LogP contribution is 2.25. The van der Waals surface area contributed by atoms with Crippen molar-refractivity contribution in [3.63, 3.8) is 0 Å². The third-order valence-electron chi connectivity index (χ3n) is 3.17. The average molecular weight is 279 g/mol. The molecule has 19 heavy (non-hydrogen) atoms. The number of benzene rings is 1. The molecule has 0 saturated carbocycles. The molecule has 1 aromatic carbocycles. The lowest BCUT2D eigenvalue weighted by Gasteiger charge is -2.26. The first-order valence-electron chi connectivity index (χ1n) is 6.35. The van der Waals surface area contributed by atoms with Crippen molar-refractivity contribution in [1.82, 2.24) is 4.98 Å². The SMILES string of the molecule is CC(C)(C)C(O)CNc1cc2ccccc2c(Cl)n1. The van der Waals surface area contributed by atoms with E-state index in [1.807, 2.05) is 51.1 Å². The summed E-state index contributed by atoms with van der Waals surface area (Å²) in [5.41, 5.74) is -0.159. The smallest absolute Gasteiger partial charge is 0.139 e. The Kier molecular flexibility index (Phi) is 3.97. The highest BCUT2D eigenvalue weighted by Gasteiger charge is 2.21. The second kappa shape index (κ2) is 5.35. The van der Waals surface area contributed by atoms with E-state index >= 15 is 0 Å². The minimum Gasteiger partial charge on any atom is -0.391 e. The molecule has 0 spiro atoms. The summed E-state index contributed by atoms with van der Waals surface area (Å²) in [6.45, 7) is 6.45. The molecule has 3 nitrogen and oxygen atoms in total. The average Bonchev–Trinajstić information content (AvgIpc) is 2.35. The molecule has 1 atom stereocenters. The number of aromatic nitrogens is 1. The van der Waals surface area contributed by atoms with Gasteiger partial charge in [0, 0.05) is 11.9 Å².